The van der Waals surface area contributed by atoms with Crippen molar-refractivity contribution < 1.29 is 4.79 Å². The van der Waals surface area contributed by atoms with Crippen molar-refractivity contribution in [3.8, 4) is 0 Å². The van der Waals surface area contributed by atoms with E-state index in [-0.39, 0.29) is 5.91 Å². The molecule has 1 aliphatic rings. The van der Waals surface area contributed by atoms with Crippen LogP contribution in [0.2, 0.25) is 5.02 Å². The molecule has 1 aliphatic heterocycles. The van der Waals surface area contributed by atoms with Crippen molar-refractivity contribution >= 4 is 23.7 Å². The average molecular weight is 399 g/mol. The van der Waals surface area contributed by atoms with E-state index in [1.54, 1.807) is 6.21 Å². The number of carbonyl (C=O) groups is 1. The molecular weight excluding hydrogens is 372 g/mol. The average Bonchev–Trinajstić information content (AvgIpc) is 2.72. The highest BCUT2D eigenvalue weighted by Crippen LogP contribution is 2.12. The van der Waals surface area contributed by atoms with Crippen LogP contribution in [0.1, 0.15) is 23.6 Å². The standard InChI is InChI=1S/C22H27ClN4O/c1-2-18-3-5-19(6-4-18)15-24-25-22(28)17-27-13-11-26(12-14-27)16-20-7-9-21(23)10-8-20/h3-10,15H,2,11-14,16-17H2,1H3,(H,25,28)/b24-15+. The summed E-state index contributed by atoms with van der Waals surface area (Å²) in [5.41, 5.74) is 6.16. The number of carbonyl (C=O) groups excluding carboxylic acids is 1. The summed E-state index contributed by atoms with van der Waals surface area (Å²) in [6.07, 6.45) is 2.70. The molecular formula is C22H27ClN4O. The lowest BCUT2D eigenvalue weighted by molar-refractivity contribution is -0.122. The van der Waals surface area contributed by atoms with Gasteiger partial charge in [-0.3, -0.25) is 14.6 Å². The number of aryl methyl sites for hydroxylation is 1. The largest absolute Gasteiger partial charge is 0.297 e. The van der Waals surface area contributed by atoms with Crippen LogP contribution in [-0.4, -0.2) is 54.6 Å². The minimum absolute atomic E-state index is 0.0763. The Hall–Kier alpha value is -2.21. The lowest BCUT2D eigenvalue weighted by Crippen LogP contribution is -2.48. The van der Waals surface area contributed by atoms with Crippen molar-refractivity contribution in [1.82, 2.24) is 15.2 Å². The zero-order chi connectivity index (χ0) is 19.8. The van der Waals surface area contributed by atoms with E-state index >= 15 is 0 Å². The predicted octanol–water partition coefficient (Wildman–Crippen LogP) is 3.17. The van der Waals surface area contributed by atoms with Gasteiger partial charge in [0.15, 0.2) is 0 Å². The summed E-state index contributed by atoms with van der Waals surface area (Å²) in [5.74, 6) is -0.0763. The van der Waals surface area contributed by atoms with Crippen molar-refractivity contribution in [2.24, 2.45) is 5.10 Å². The Labute approximate surface area is 172 Å². The molecule has 0 aliphatic carbocycles. The monoisotopic (exact) mass is 398 g/mol. The minimum atomic E-state index is -0.0763. The molecule has 1 saturated heterocycles. The van der Waals surface area contributed by atoms with Crippen LogP contribution in [0.25, 0.3) is 0 Å². The molecule has 1 N–H and O–H groups in total. The molecule has 3 rings (SSSR count). The number of rotatable bonds is 7. The second-order valence-electron chi connectivity index (χ2n) is 7.07. The molecule has 1 fully saturated rings. The van der Waals surface area contributed by atoms with Crippen molar-refractivity contribution in [3.63, 3.8) is 0 Å². The zero-order valence-electron chi connectivity index (χ0n) is 16.3. The maximum atomic E-state index is 12.1. The lowest BCUT2D eigenvalue weighted by Gasteiger charge is -2.34. The quantitative estimate of drug-likeness (QED) is 0.575. The van der Waals surface area contributed by atoms with E-state index < -0.39 is 0 Å². The molecule has 0 spiro atoms. The highest BCUT2D eigenvalue weighted by molar-refractivity contribution is 6.30. The molecule has 1 heterocycles. The van der Waals surface area contributed by atoms with E-state index in [2.05, 4.69) is 51.5 Å². The van der Waals surface area contributed by atoms with Gasteiger partial charge in [-0.25, -0.2) is 5.43 Å². The van der Waals surface area contributed by atoms with Crippen LogP contribution in [0.3, 0.4) is 0 Å². The summed E-state index contributed by atoms with van der Waals surface area (Å²) in [5, 5.41) is 4.83. The van der Waals surface area contributed by atoms with Gasteiger partial charge in [0.2, 0.25) is 0 Å². The summed E-state index contributed by atoms with van der Waals surface area (Å²) < 4.78 is 0. The van der Waals surface area contributed by atoms with Crippen LogP contribution >= 0.6 is 11.6 Å². The summed E-state index contributed by atoms with van der Waals surface area (Å²) in [7, 11) is 0. The number of piperazine rings is 1. The molecule has 5 nitrogen and oxygen atoms in total. The summed E-state index contributed by atoms with van der Waals surface area (Å²) in [6, 6.07) is 16.2. The van der Waals surface area contributed by atoms with E-state index in [4.69, 9.17) is 11.6 Å². The third kappa shape index (κ3) is 6.44. The van der Waals surface area contributed by atoms with Crippen LogP contribution in [0, 0.1) is 0 Å². The fourth-order valence-corrected chi connectivity index (χ4v) is 3.34. The number of nitrogens with one attached hydrogen (secondary N) is 1. The van der Waals surface area contributed by atoms with E-state index in [0.29, 0.717) is 6.54 Å². The Morgan fingerprint density at radius 3 is 2.25 bits per heavy atom. The van der Waals surface area contributed by atoms with Gasteiger partial charge in [0.25, 0.3) is 5.91 Å². The Bertz CT molecular complexity index is 781. The van der Waals surface area contributed by atoms with Crippen LogP contribution in [0.5, 0.6) is 0 Å². The maximum absolute atomic E-state index is 12.1. The smallest absolute Gasteiger partial charge is 0.254 e. The van der Waals surface area contributed by atoms with Gasteiger partial charge in [-0.2, -0.15) is 5.10 Å². The maximum Gasteiger partial charge on any atom is 0.254 e. The molecule has 28 heavy (non-hydrogen) atoms. The third-order valence-corrected chi connectivity index (χ3v) is 5.19. The highest BCUT2D eigenvalue weighted by Gasteiger charge is 2.18. The Kier molecular flexibility index (Phi) is 7.60. The lowest BCUT2D eigenvalue weighted by atomic mass is 10.1. The topological polar surface area (TPSA) is 47.9 Å². The fraction of sp³-hybridized carbons (Fsp3) is 0.364. The number of nitrogens with zero attached hydrogens (tertiary/aromatic N) is 3. The van der Waals surface area contributed by atoms with Crippen molar-refractivity contribution in [2.45, 2.75) is 19.9 Å². The molecule has 0 radical (unpaired) electrons. The first kappa shape index (κ1) is 20.5. The molecule has 0 saturated carbocycles. The van der Waals surface area contributed by atoms with Gasteiger partial charge in [0, 0.05) is 37.7 Å². The summed E-state index contributed by atoms with van der Waals surface area (Å²) in [4.78, 5) is 16.7. The third-order valence-electron chi connectivity index (χ3n) is 4.94. The van der Waals surface area contributed by atoms with E-state index in [9.17, 15) is 4.79 Å². The van der Waals surface area contributed by atoms with Gasteiger partial charge in [-0.15, -0.1) is 0 Å². The van der Waals surface area contributed by atoms with Gasteiger partial charge < -0.3 is 0 Å². The van der Waals surface area contributed by atoms with Gasteiger partial charge in [0.05, 0.1) is 12.8 Å². The highest BCUT2D eigenvalue weighted by atomic mass is 35.5. The molecule has 1 amide bonds. The second kappa shape index (κ2) is 10.4. The second-order valence-corrected chi connectivity index (χ2v) is 7.50. The molecule has 0 atom stereocenters. The first-order valence-corrected chi connectivity index (χ1v) is 10.1. The van der Waals surface area contributed by atoms with Crippen molar-refractivity contribution in [3.05, 3.63) is 70.2 Å². The van der Waals surface area contributed by atoms with Crippen LogP contribution < -0.4 is 5.43 Å². The first-order chi connectivity index (χ1) is 13.6. The molecule has 6 heteroatoms. The Morgan fingerprint density at radius 2 is 1.61 bits per heavy atom. The number of halogens is 1. The van der Waals surface area contributed by atoms with Gasteiger partial charge in [-0.05, 0) is 35.2 Å². The molecule has 148 valence electrons. The van der Waals surface area contributed by atoms with E-state index in [1.165, 1.54) is 11.1 Å². The fourth-order valence-electron chi connectivity index (χ4n) is 3.21. The van der Waals surface area contributed by atoms with Crippen LogP contribution in [-0.2, 0) is 17.8 Å². The van der Waals surface area contributed by atoms with Gasteiger partial charge in [0.1, 0.15) is 0 Å². The van der Waals surface area contributed by atoms with Gasteiger partial charge >= 0.3 is 0 Å². The molecule has 0 aromatic heterocycles. The summed E-state index contributed by atoms with van der Waals surface area (Å²) >= 11 is 5.94. The Morgan fingerprint density at radius 1 is 1.00 bits per heavy atom. The number of hydrazone groups is 1. The van der Waals surface area contributed by atoms with Crippen molar-refractivity contribution in [2.75, 3.05) is 32.7 Å². The molecule has 0 unspecified atom stereocenters. The van der Waals surface area contributed by atoms with Crippen LogP contribution in [0.15, 0.2) is 53.6 Å². The Balaban J connectivity index is 1.37. The first-order valence-electron chi connectivity index (χ1n) is 9.72. The number of hydrogen-bond acceptors (Lipinski definition) is 4. The number of amides is 1. The molecule has 2 aromatic rings. The molecule has 0 bridgehead atoms. The molecule has 2 aromatic carbocycles. The minimum Gasteiger partial charge on any atom is -0.297 e. The van der Waals surface area contributed by atoms with E-state index in [0.717, 1.165) is 49.7 Å². The predicted molar refractivity (Wildman–Crippen MR) is 115 cm³/mol. The summed E-state index contributed by atoms with van der Waals surface area (Å²) in [6.45, 7) is 7.07. The SMILES string of the molecule is CCc1ccc(/C=N/NC(=O)CN2CCN(Cc3ccc(Cl)cc3)CC2)cc1. The normalized spacial score (nSPS) is 15.8. The van der Waals surface area contributed by atoms with E-state index in [1.807, 2.05) is 24.3 Å². The van der Waals surface area contributed by atoms with Crippen molar-refractivity contribution in [1.29, 1.82) is 0 Å². The number of hydrogen-bond donors (Lipinski definition) is 1. The zero-order valence-corrected chi connectivity index (χ0v) is 17.0. The number of benzene rings is 2. The van der Waals surface area contributed by atoms with Gasteiger partial charge in [-0.1, -0.05) is 54.9 Å². The van der Waals surface area contributed by atoms with Crippen LogP contribution in [0.4, 0.5) is 0 Å².